The van der Waals surface area contributed by atoms with Gasteiger partial charge in [-0.15, -0.1) is 0 Å². The van der Waals surface area contributed by atoms with E-state index in [0.29, 0.717) is 5.25 Å². The number of nitrogens with zero attached hydrogens (tertiary/aromatic N) is 1. The molecule has 2 nitrogen and oxygen atoms in total. The van der Waals surface area contributed by atoms with Crippen molar-refractivity contribution in [3.05, 3.63) is 29.6 Å². The van der Waals surface area contributed by atoms with Crippen LogP contribution in [0.1, 0.15) is 38.8 Å². The second kappa shape index (κ2) is 7.32. The lowest BCUT2D eigenvalue weighted by atomic mass is 10.0. The summed E-state index contributed by atoms with van der Waals surface area (Å²) < 4.78 is 13.6. The van der Waals surface area contributed by atoms with Gasteiger partial charge in [0.1, 0.15) is 5.82 Å². The third-order valence-corrected chi connectivity index (χ3v) is 4.87. The monoisotopic (exact) mass is 296 g/mol. The quantitative estimate of drug-likeness (QED) is 0.889. The molecule has 0 aliphatic carbocycles. The average Bonchev–Trinajstić information content (AvgIpc) is 2.44. The van der Waals surface area contributed by atoms with Crippen LogP contribution >= 0.6 is 11.8 Å². The second-order valence-electron chi connectivity index (χ2n) is 5.51. The van der Waals surface area contributed by atoms with E-state index >= 15 is 0 Å². The Balaban J connectivity index is 2.22. The maximum absolute atomic E-state index is 13.6. The minimum atomic E-state index is -0.145. The number of nitrogens with one attached hydrogen (secondary N) is 1. The van der Waals surface area contributed by atoms with Crippen molar-refractivity contribution in [2.45, 2.75) is 38.5 Å². The van der Waals surface area contributed by atoms with Crippen LogP contribution in [0.4, 0.5) is 10.1 Å². The Morgan fingerprint density at radius 3 is 3.00 bits per heavy atom. The van der Waals surface area contributed by atoms with E-state index in [2.05, 4.69) is 31.0 Å². The molecule has 1 aliphatic rings. The topological polar surface area (TPSA) is 15.3 Å². The van der Waals surface area contributed by atoms with Crippen molar-refractivity contribution in [1.29, 1.82) is 0 Å². The van der Waals surface area contributed by atoms with Crippen LogP contribution in [0.15, 0.2) is 18.2 Å². The normalized spacial score (nSPS) is 21.0. The molecule has 0 amide bonds. The molecule has 112 valence electrons. The van der Waals surface area contributed by atoms with E-state index in [1.807, 2.05) is 17.8 Å². The SMILES string of the molecule is CCCNC(C)c1cc(F)ccc1N1CCSC(C)C1. The number of anilines is 1. The van der Waals surface area contributed by atoms with Gasteiger partial charge in [0.15, 0.2) is 0 Å². The summed E-state index contributed by atoms with van der Waals surface area (Å²) in [5, 5.41) is 4.11. The van der Waals surface area contributed by atoms with Gasteiger partial charge in [0, 0.05) is 35.8 Å². The number of rotatable bonds is 5. The molecule has 1 heterocycles. The lowest BCUT2D eigenvalue weighted by Crippen LogP contribution is -2.37. The Morgan fingerprint density at radius 2 is 2.30 bits per heavy atom. The summed E-state index contributed by atoms with van der Waals surface area (Å²) >= 11 is 2.02. The van der Waals surface area contributed by atoms with Crippen molar-refractivity contribution in [3.63, 3.8) is 0 Å². The molecule has 2 atom stereocenters. The van der Waals surface area contributed by atoms with Crippen LogP contribution in [0.3, 0.4) is 0 Å². The van der Waals surface area contributed by atoms with Crippen LogP contribution in [0.5, 0.6) is 0 Å². The largest absolute Gasteiger partial charge is 0.369 e. The fourth-order valence-electron chi connectivity index (χ4n) is 2.67. The zero-order valence-corrected chi connectivity index (χ0v) is 13.5. The van der Waals surface area contributed by atoms with Gasteiger partial charge in [-0.1, -0.05) is 13.8 Å². The fourth-order valence-corrected chi connectivity index (χ4v) is 3.68. The highest BCUT2D eigenvalue weighted by atomic mass is 32.2. The molecular formula is C16H25FN2S. The van der Waals surface area contributed by atoms with Crippen LogP contribution < -0.4 is 10.2 Å². The first-order valence-corrected chi connectivity index (χ1v) is 8.56. The zero-order valence-electron chi connectivity index (χ0n) is 12.7. The molecule has 2 rings (SSSR count). The Labute approximate surface area is 126 Å². The maximum Gasteiger partial charge on any atom is 0.123 e. The van der Waals surface area contributed by atoms with E-state index in [9.17, 15) is 4.39 Å². The molecule has 0 spiro atoms. The molecule has 1 aromatic rings. The molecule has 1 N–H and O–H groups in total. The molecule has 0 radical (unpaired) electrons. The summed E-state index contributed by atoms with van der Waals surface area (Å²) in [4.78, 5) is 2.40. The number of halogens is 1. The Hall–Kier alpha value is -0.740. The summed E-state index contributed by atoms with van der Waals surface area (Å²) in [7, 11) is 0. The number of hydrogen-bond acceptors (Lipinski definition) is 3. The smallest absolute Gasteiger partial charge is 0.123 e. The van der Waals surface area contributed by atoms with Gasteiger partial charge in [0.05, 0.1) is 0 Å². The lowest BCUT2D eigenvalue weighted by molar-refractivity contribution is 0.560. The van der Waals surface area contributed by atoms with Crippen molar-refractivity contribution in [2.24, 2.45) is 0 Å². The minimum absolute atomic E-state index is 0.145. The lowest BCUT2D eigenvalue weighted by Gasteiger charge is -2.35. The van der Waals surface area contributed by atoms with Gasteiger partial charge in [-0.3, -0.25) is 0 Å². The molecule has 20 heavy (non-hydrogen) atoms. The van der Waals surface area contributed by atoms with Crippen LogP contribution in [-0.2, 0) is 0 Å². The van der Waals surface area contributed by atoms with Crippen molar-refractivity contribution in [1.82, 2.24) is 5.32 Å². The highest BCUT2D eigenvalue weighted by Crippen LogP contribution is 2.31. The first kappa shape index (κ1) is 15.6. The third kappa shape index (κ3) is 3.89. The molecule has 4 heteroatoms. The third-order valence-electron chi connectivity index (χ3n) is 3.74. The van der Waals surface area contributed by atoms with Gasteiger partial charge in [-0.2, -0.15) is 11.8 Å². The highest BCUT2D eigenvalue weighted by Gasteiger charge is 2.21. The number of hydrogen-bond donors (Lipinski definition) is 1. The van der Waals surface area contributed by atoms with Gasteiger partial charge in [0.25, 0.3) is 0 Å². The van der Waals surface area contributed by atoms with E-state index in [1.54, 1.807) is 12.1 Å². The van der Waals surface area contributed by atoms with Gasteiger partial charge in [-0.25, -0.2) is 4.39 Å². The first-order valence-electron chi connectivity index (χ1n) is 7.51. The molecule has 1 aliphatic heterocycles. The zero-order chi connectivity index (χ0) is 14.5. The van der Waals surface area contributed by atoms with Crippen molar-refractivity contribution >= 4 is 17.4 Å². The van der Waals surface area contributed by atoms with Crippen LogP contribution in [0, 0.1) is 5.82 Å². The van der Waals surface area contributed by atoms with Crippen molar-refractivity contribution in [2.75, 3.05) is 30.3 Å². The molecule has 0 aromatic heterocycles. The predicted octanol–water partition coefficient (Wildman–Crippen LogP) is 3.83. The van der Waals surface area contributed by atoms with Crippen LogP contribution in [0.2, 0.25) is 0 Å². The maximum atomic E-state index is 13.6. The molecule has 1 saturated heterocycles. The van der Waals surface area contributed by atoms with Crippen LogP contribution in [-0.4, -0.2) is 30.6 Å². The van der Waals surface area contributed by atoms with Crippen molar-refractivity contribution in [3.8, 4) is 0 Å². The average molecular weight is 296 g/mol. The molecular weight excluding hydrogens is 271 g/mol. The second-order valence-corrected chi connectivity index (χ2v) is 7.05. The van der Waals surface area contributed by atoms with Crippen LogP contribution in [0.25, 0.3) is 0 Å². The molecule has 2 unspecified atom stereocenters. The number of benzene rings is 1. The first-order chi connectivity index (χ1) is 9.61. The highest BCUT2D eigenvalue weighted by molar-refractivity contribution is 8.00. The van der Waals surface area contributed by atoms with Gasteiger partial charge in [-0.05, 0) is 43.7 Å². The Bertz CT molecular complexity index is 438. The molecule has 1 aromatic carbocycles. The van der Waals surface area contributed by atoms with E-state index in [1.165, 1.54) is 5.69 Å². The Morgan fingerprint density at radius 1 is 1.50 bits per heavy atom. The van der Waals surface area contributed by atoms with E-state index < -0.39 is 0 Å². The Kier molecular flexibility index (Phi) is 5.73. The van der Waals surface area contributed by atoms with Gasteiger partial charge in [0.2, 0.25) is 0 Å². The van der Waals surface area contributed by atoms with E-state index in [-0.39, 0.29) is 11.9 Å². The summed E-state index contributed by atoms with van der Waals surface area (Å²) in [6.45, 7) is 9.59. The molecule has 1 fully saturated rings. The molecule has 0 bridgehead atoms. The van der Waals surface area contributed by atoms with E-state index in [4.69, 9.17) is 0 Å². The summed E-state index contributed by atoms with van der Waals surface area (Å²) in [6.07, 6.45) is 1.09. The van der Waals surface area contributed by atoms with Gasteiger partial charge < -0.3 is 10.2 Å². The fraction of sp³-hybridized carbons (Fsp3) is 0.625. The molecule has 0 saturated carbocycles. The summed E-state index contributed by atoms with van der Waals surface area (Å²) in [5.41, 5.74) is 2.27. The summed E-state index contributed by atoms with van der Waals surface area (Å²) in [6, 6.07) is 5.40. The predicted molar refractivity (Wildman–Crippen MR) is 87.2 cm³/mol. The van der Waals surface area contributed by atoms with E-state index in [0.717, 1.165) is 37.4 Å². The summed E-state index contributed by atoms with van der Waals surface area (Å²) in [5.74, 6) is 1.00. The van der Waals surface area contributed by atoms with Crippen molar-refractivity contribution < 1.29 is 4.39 Å². The van der Waals surface area contributed by atoms with Gasteiger partial charge >= 0.3 is 0 Å². The standard InChI is InChI=1S/C16H25FN2S/c1-4-7-18-13(3)15-10-14(17)5-6-16(15)19-8-9-20-12(2)11-19/h5-6,10,12-13,18H,4,7-9,11H2,1-3H3. The number of thioether (sulfide) groups is 1. The minimum Gasteiger partial charge on any atom is -0.369 e.